The van der Waals surface area contributed by atoms with Crippen LogP contribution in [0.4, 0.5) is 0 Å². The van der Waals surface area contributed by atoms with E-state index in [1.165, 1.54) is 141 Å². The fourth-order valence-corrected chi connectivity index (χ4v) is 6.38. The molecule has 0 amide bonds. The van der Waals surface area contributed by atoms with E-state index in [4.69, 9.17) is 0 Å². The van der Waals surface area contributed by atoms with Gasteiger partial charge in [0.15, 0.2) is 0 Å². The highest BCUT2D eigenvalue weighted by atomic mass is 16.3. The predicted octanol–water partition coefficient (Wildman–Crippen LogP) is 11.5. The molecule has 0 aliphatic carbocycles. The summed E-state index contributed by atoms with van der Waals surface area (Å²) in [5.41, 5.74) is 0. The Labute approximate surface area is 269 Å². The number of nitrogens with zero attached hydrogens (tertiary/aromatic N) is 1. The molecule has 0 rings (SSSR count). The van der Waals surface area contributed by atoms with Gasteiger partial charge < -0.3 is 5.11 Å². The highest BCUT2D eigenvalue weighted by Gasteiger charge is 2.29. The van der Waals surface area contributed by atoms with Gasteiger partial charge in [0.05, 0.1) is 18.2 Å². The van der Waals surface area contributed by atoms with Crippen LogP contribution >= 0.6 is 0 Å². The number of hydrogen-bond acceptors (Lipinski definition) is 4. The van der Waals surface area contributed by atoms with Gasteiger partial charge in [0, 0.05) is 19.4 Å². The van der Waals surface area contributed by atoms with Gasteiger partial charge >= 0.3 is 0 Å². The van der Waals surface area contributed by atoms with Gasteiger partial charge in [-0.3, -0.25) is 14.5 Å². The molecule has 0 aromatic heterocycles. The molecule has 0 saturated heterocycles. The van der Waals surface area contributed by atoms with E-state index in [0.717, 1.165) is 25.7 Å². The van der Waals surface area contributed by atoms with E-state index in [-0.39, 0.29) is 23.7 Å². The second kappa shape index (κ2) is 31.3. The number of ketones is 2. The van der Waals surface area contributed by atoms with Crippen molar-refractivity contribution in [3.05, 3.63) is 0 Å². The molecule has 0 spiro atoms. The third-order valence-electron chi connectivity index (χ3n) is 9.46. The van der Waals surface area contributed by atoms with Gasteiger partial charge in [0.1, 0.15) is 11.6 Å². The lowest BCUT2D eigenvalue weighted by molar-refractivity contribution is -0.130. The zero-order chi connectivity index (χ0) is 32.0. The normalized spacial score (nSPS) is 13.8. The molecule has 0 saturated carbocycles. The highest BCUT2D eigenvalue weighted by molar-refractivity contribution is 5.87. The van der Waals surface area contributed by atoms with Crippen LogP contribution in [0.1, 0.15) is 214 Å². The number of Topliss-reactive ketones (excluding diaryl/α,β-unsaturated/α-hetero) is 2. The molecule has 43 heavy (non-hydrogen) atoms. The van der Waals surface area contributed by atoms with Crippen molar-refractivity contribution < 1.29 is 14.7 Å². The maximum absolute atomic E-state index is 13.0. The molecule has 1 N–H and O–H groups in total. The largest absolute Gasteiger partial charge is 0.392 e. The van der Waals surface area contributed by atoms with Crippen molar-refractivity contribution in [3.8, 4) is 0 Å². The molecule has 0 heterocycles. The summed E-state index contributed by atoms with van der Waals surface area (Å²) in [6.45, 7) is 10.5. The molecular formula is C39H77NO3. The molecule has 4 nitrogen and oxygen atoms in total. The predicted molar refractivity (Wildman–Crippen MR) is 188 cm³/mol. The van der Waals surface area contributed by atoms with E-state index in [2.05, 4.69) is 13.8 Å². The molecule has 0 aliphatic rings. The Kier molecular flexibility index (Phi) is 30.7. The Morgan fingerprint density at radius 3 is 0.907 bits per heavy atom. The summed E-state index contributed by atoms with van der Waals surface area (Å²) in [7, 11) is 0. The number of rotatable bonds is 34. The average molecular weight is 608 g/mol. The summed E-state index contributed by atoms with van der Waals surface area (Å²) in [5.74, 6) is 0.425. The number of aliphatic hydroxyl groups excluding tert-OH is 1. The van der Waals surface area contributed by atoms with Crippen LogP contribution in [0.25, 0.3) is 0 Å². The van der Waals surface area contributed by atoms with Gasteiger partial charge in [-0.05, 0) is 33.6 Å². The first-order chi connectivity index (χ1) is 20.8. The fraction of sp³-hybridized carbons (Fsp3) is 0.949. The molecule has 0 radical (unpaired) electrons. The van der Waals surface area contributed by atoms with Crippen LogP contribution in [0.5, 0.6) is 0 Å². The highest BCUT2D eigenvalue weighted by Crippen LogP contribution is 2.18. The second-order valence-electron chi connectivity index (χ2n) is 13.8. The SMILES string of the molecule is CCCCCCCCCCCCCCCC(=O)C(C)N(CC(C)O)C(C)C(=O)CCCCCCCCCCCCCCC. The topological polar surface area (TPSA) is 57.6 Å². The molecular weight excluding hydrogens is 530 g/mol. The second-order valence-corrected chi connectivity index (χ2v) is 13.8. The van der Waals surface area contributed by atoms with Crippen LogP contribution < -0.4 is 0 Å². The van der Waals surface area contributed by atoms with Crippen molar-refractivity contribution >= 4 is 11.6 Å². The summed E-state index contributed by atoms with van der Waals surface area (Å²) in [4.78, 5) is 28.0. The minimum Gasteiger partial charge on any atom is -0.392 e. The average Bonchev–Trinajstić information content (AvgIpc) is 2.99. The summed E-state index contributed by atoms with van der Waals surface area (Å²) in [5, 5.41) is 10.1. The van der Waals surface area contributed by atoms with Crippen molar-refractivity contribution in [1.29, 1.82) is 0 Å². The van der Waals surface area contributed by atoms with Gasteiger partial charge in [-0.2, -0.15) is 0 Å². The first kappa shape index (κ1) is 42.3. The van der Waals surface area contributed by atoms with Crippen LogP contribution in [-0.2, 0) is 9.59 Å². The summed E-state index contributed by atoms with van der Waals surface area (Å²) < 4.78 is 0. The van der Waals surface area contributed by atoms with Gasteiger partial charge in [-0.1, -0.05) is 168 Å². The minimum atomic E-state index is -0.557. The smallest absolute Gasteiger partial charge is 0.149 e. The van der Waals surface area contributed by atoms with Crippen LogP contribution in [-0.4, -0.2) is 46.3 Å². The quantitative estimate of drug-likeness (QED) is 0.0739. The monoisotopic (exact) mass is 608 g/mol. The fourth-order valence-electron chi connectivity index (χ4n) is 6.38. The number of unbranched alkanes of at least 4 members (excludes halogenated alkanes) is 24. The molecule has 3 unspecified atom stereocenters. The number of carbonyl (C=O) groups excluding carboxylic acids is 2. The standard InChI is InChI=1S/C39H77NO3/c1-6-8-10-12-14-16-18-20-22-24-26-28-30-32-38(42)36(4)40(34-35(3)41)37(5)39(43)33-31-29-27-25-23-21-19-17-15-13-11-9-7-2/h35-37,41H,6-34H2,1-5H3. The number of hydrogen-bond donors (Lipinski definition) is 1. The van der Waals surface area contributed by atoms with Crippen molar-refractivity contribution in [1.82, 2.24) is 4.90 Å². The van der Waals surface area contributed by atoms with Crippen molar-refractivity contribution in [2.45, 2.75) is 233 Å². The van der Waals surface area contributed by atoms with Crippen LogP contribution in [0.15, 0.2) is 0 Å². The molecule has 4 heteroatoms. The van der Waals surface area contributed by atoms with E-state index < -0.39 is 6.10 Å². The zero-order valence-electron chi connectivity index (χ0n) is 29.9. The van der Waals surface area contributed by atoms with Gasteiger partial charge in [0.2, 0.25) is 0 Å². The van der Waals surface area contributed by atoms with E-state index in [1.807, 2.05) is 18.7 Å². The Morgan fingerprint density at radius 2 is 0.674 bits per heavy atom. The Balaban J connectivity index is 4.07. The third-order valence-corrected chi connectivity index (χ3v) is 9.46. The first-order valence-electron chi connectivity index (χ1n) is 19.3. The molecule has 0 aromatic rings. The van der Waals surface area contributed by atoms with E-state index >= 15 is 0 Å². The third kappa shape index (κ3) is 26.2. The Hall–Kier alpha value is -0.740. The maximum atomic E-state index is 13.0. The van der Waals surface area contributed by atoms with Crippen molar-refractivity contribution in [2.24, 2.45) is 0 Å². The lowest BCUT2D eigenvalue weighted by atomic mass is 9.99. The Bertz CT molecular complexity index is 572. The molecule has 0 aromatic carbocycles. The summed E-state index contributed by atoms with van der Waals surface area (Å²) >= 11 is 0. The molecule has 0 aliphatic heterocycles. The van der Waals surface area contributed by atoms with E-state index in [0.29, 0.717) is 19.4 Å². The van der Waals surface area contributed by atoms with E-state index in [9.17, 15) is 14.7 Å². The molecule has 0 bridgehead atoms. The lowest BCUT2D eigenvalue weighted by Crippen LogP contribution is -2.50. The van der Waals surface area contributed by atoms with E-state index in [1.54, 1.807) is 6.92 Å². The molecule has 3 atom stereocenters. The van der Waals surface area contributed by atoms with Gasteiger partial charge in [0.25, 0.3) is 0 Å². The van der Waals surface area contributed by atoms with Gasteiger partial charge in [-0.15, -0.1) is 0 Å². The zero-order valence-corrected chi connectivity index (χ0v) is 29.9. The lowest BCUT2D eigenvalue weighted by Gasteiger charge is -2.34. The Morgan fingerprint density at radius 1 is 0.442 bits per heavy atom. The number of aliphatic hydroxyl groups is 1. The first-order valence-corrected chi connectivity index (χ1v) is 19.3. The van der Waals surface area contributed by atoms with Crippen molar-refractivity contribution in [3.63, 3.8) is 0 Å². The maximum Gasteiger partial charge on any atom is 0.149 e. The van der Waals surface area contributed by atoms with Crippen molar-refractivity contribution in [2.75, 3.05) is 6.54 Å². The van der Waals surface area contributed by atoms with Crippen LogP contribution in [0.3, 0.4) is 0 Å². The molecule has 0 fully saturated rings. The van der Waals surface area contributed by atoms with Crippen LogP contribution in [0.2, 0.25) is 0 Å². The summed E-state index contributed by atoms with van der Waals surface area (Å²) in [6, 6.07) is -0.643. The minimum absolute atomic E-state index is 0.212. The summed E-state index contributed by atoms with van der Waals surface area (Å²) in [6.07, 6.45) is 34.4. The van der Waals surface area contributed by atoms with Gasteiger partial charge in [-0.25, -0.2) is 0 Å². The number of carbonyl (C=O) groups is 2. The molecule has 256 valence electrons. The van der Waals surface area contributed by atoms with Crippen LogP contribution in [0, 0.1) is 0 Å².